The maximum Gasteiger partial charge on any atom is 0.286 e. The van der Waals surface area contributed by atoms with Crippen LogP contribution in [0.4, 0.5) is 11.4 Å². The molecule has 3 aromatic carbocycles. The third-order valence-corrected chi connectivity index (χ3v) is 8.17. The molecule has 4 rings (SSSR count). The van der Waals surface area contributed by atoms with Crippen molar-refractivity contribution < 1.29 is 18.9 Å². The van der Waals surface area contributed by atoms with Crippen LogP contribution in [0.1, 0.15) is 18.4 Å². The Balaban J connectivity index is 1.53. The van der Waals surface area contributed by atoms with E-state index in [1.54, 1.807) is 33.0 Å². The molecule has 36 heavy (non-hydrogen) atoms. The molecular weight excluding hydrogens is 504 g/mol. The van der Waals surface area contributed by atoms with Crippen LogP contribution < -0.4 is 0 Å². The number of non-ortho nitro benzene ring substituents is 1. The summed E-state index contributed by atoms with van der Waals surface area (Å²) in [6.07, 6.45) is 1.49. The zero-order chi connectivity index (χ0) is 25.5. The molecule has 1 fully saturated rings. The molecule has 3 aromatic rings. The molecule has 0 saturated carbocycles. The quantitative estimate of drug-likeness (QED) is 0.202. The van der Waals surface area contributed by atoms with Gasteiger partial charge in [-0.2, -0.15) is 0 Å². The third-order valence-electron chi connectivity index (χ3n) is 5.59. The summed E-state index contributed by atoms with van der Waals surface area (Å²) in [5.74, 6) is 0. The smallest absolute Gasteiger partial charge is 0.283 e. The second-order valence-corrected chi connectivity index (χ2v) is 10.5. The maximum atomic E-state index is 13.3. The molecule has 1 heterocycles. The van der Waals surface area contributed by atoms with Gasteiger partial charge in [0.15, 0.2) is 0 Å². The van der Waals surface area contributed by atoms with Crippen LogP contribution >= 0.6 is 11.9 Å². The topological polar surface area (TPSA) is 119 Å². The minimum atomic E-state index is -1.71. The third kappa shape index (κ3) is 6.53. The number of hydrogen-bond acceptors (Lipinski definition) is 8. The Hall–Kier alpha value is -3.16. The molecule has 2 unspecified atom stereocenters. The van der Waals surface area contributed by atoms with E-state index in [9.17, 15) is 24.4 Å². The summed E-state index contributed by atoms with van der Waals surface area (Å²) in [6, 6.07) is 21.8. The van der Waals surface area contributed by atoms with E-state index in [0.29, 0.717) is 19.7 Å². The standard InChI is InChI=1S/C24H24N4O6S2/c29-26(30)20-12-14-22(15-13-20)35-28(34-18-19-7-2-1-3-8-19)21-9-6-16-25(17-21)36(33)24-11-5-4-10-23(24)27(31)32/h1-5,7-8,10-15,21H,6,9,16-18H2. The van der Waals surface area contributed by atoms with Gasteiger partial charge >= 0.3 is 0 Å². The number of piperidine rings is 1. The summed E-state index contributed by atoms with van der Waals surface area (Å²) in [5, 5.41) is 22.5. The first-order valence-electron chi connectivity index (χ1n) is 11.2. The Bertz CT molecular complexity index is 1230. The predicted octanol–water partition coefficient (Wildman–Crippen LogP) is 5.13. The molecule has 0 bridgehead atoms. The molecule has 188 valence electrons. The lowest BCUT2D eigenvalue weighted by atomic mass is 10.1. The highest BCUT2D eigenvalue weighted by atomic mass is 32.2. The highest BCUT2D eigenvalue weighted by Gasteiger charge is 2.32. The molecule has 0 aliphatic carbocycles. The zero-order valence-corrected chi connectivity index (χ0v) is 20.8. The van der Waals surface area contributed by atoms with Crippen LogP contribution in [0.5, 0.6) is 0 Å². The SMILES string of the molecule is O=[N+]([O-])c1ccc(SN(OCc2ccccc2)C2CCCN(S(=O)c3ccccc3[N+](=O)[O-])C2)cc1. The molecule has 2 atom stereocenters. The molecule has 0 radical (unpaired) electrons. The van der Waals surface area contributed by atoms with E-state index >= 15 is 0 Å². The first kappa shape index (κ1) is 25.9. The van der Waals surface area contributed by atoms with Crippen LogP contribution in [-0.4, -0.2) is 42.0 Å². The van der Waals surface area contributed by atoms with Crippen molar-refractivity contribution >= 4 is 34.3 Å². The minimum absolute atomic E-state index is 0.000187. The number of nitrogens with zero attached hydrogens (tertiary/aromatic N) is 4. The Morgan fingerprint density at radius 1 is 0.972 bits per heavy atom. The molecule has 10 nitrogen and oxygen atoms in total. The van der Waals surface area contributed by atoms with Crippen molar-refractivity contribution in [1.29, 1.82) is 0 Å². The lowest BCUT2D eigenvalue weighted by molar-refractivity contribution is -0.387. The molecule has 1 aliphatic heterocycles. The largest absolute Gasteiger partial charge is 0.286 e. The molecule has 0 amide bonds. The minimum Gasteiger partial charge on any atom is -0.283 e. The summed E-state index contributed by atoms with van der Waals surface area (Å²) < 4.78 is 16.8. The molecule has 1 saturated heterocycles. The highest BCUT2D eigenvalue weighted by molar-refractivity contribution is 7.97. The average Bonchev–Trinajstić information content (AvgIpc) is 2.91. The van der Waals surface area contributed by atoms with Gasteiger partial charge in [-0.1, -0.05) is 42.5 Å². The van der Waals surface area contributed by atoms with Gasteiger partial charge in [-0.25, -0.2) is 8.51 Å². The van der Waals surface area contributed by atoms with Crippen molar-refractivity contribution in [2.24, 2.45) is 0 Å². The Morgan fingerprint density at radius 3 is 2.36 bits per heavy atom. The van der Waals surface area contributed by atoms with Crippen LogP contribution in [0.3, 0.4) is 0 Å². The number of hydrogen-bond donors (Lipinski definition) is 0. The summed E-state index contributed by atoms with van der Waals surface area (Å²) in [4.78, 5) is 28.6. The van der Waals surface area contributed by atoms with Gasteiger partial charge in [0, 0.05) is 36.2 Å². The van der Waals surface area contributed by atoms with Crippen LogP contribution in [-0.2, 0) is 22.4 Å². The number of nitro groups is 2. The van der Waals surface area contributed by atoms with Gasteiger partial charge in [-0.3, -0.25) is 25.1 Å². The summed E-state index contributed by atoms with van der Waals surface area (Å²) in [7, 11) is -1.71. The molecule has 0 spiro atoms. The zero-order valence-electron chi connectivity index (χ0n) is 19.2. The number of hydroxylamine groups is 1. The molecule has 0 aromatic heterocycles. The van der Waals surface area contributed by atoms with E-state index in [1.165, 1.54) is 36.2 Å². The fourth-order valence-electron chi connectivity index (χ4n) is 3.79. The van der Waals surface area contributed by atoms with Crippen LogP contribution in [0.25, 0.3) is 0 Å². The number of para-hydroxylation sites is 1. The normalized spacial score (nSPS) is 17.1. The first-order chi connectivity index (χ1) is 17.4. The van der Waals surface area contributed by atoms with E-state index in [0.717, 1.165) is 23.3 Å². The molecule has 12 heteroatoms. The van der Waals surface area contributed by atoms with Gasteiger partial charge in [0.2, 0.25) is 0 Å². The molecule has 1 aliphatic rings. The van der Waals surface area contributed by atoms with Gasteiger partial charge in [-0.05, 0) is 48.6 Å². The highest BCUT2D eigenvalue weighted by Crippen LogP contribution is 2.32. The Morgan fingerprint density at radius 2 is 1.67 bits per heavy atom. The fraction of sp³-hybridized carbons (Fsp3) is 0.250. The van der Waals surface area contributed by atoms with Gasteiger partial charge in [0.1, 0.15) is 15.9 Å². The summed E-state index contributed by atoms with van der Waals surface area (Å²) >= 11 is 1.31. The maximum absolute atomic E-state index is 13.3. The second kappa shape index (κ2) is 12.2. The number of benzene rings is 3. The van der Waals surface area contributed by atoms with Crippen LogP contribution in [0.2, 0.25) is 0 Å². The lowest BCUT2D eigenvalue weighted by Crippen LogP contribution is -2.46. The first-order valence-corrected chi connectivity index (χ1v) is 13.1. The van der Waals surface area contributed by atoms with Crippen LogP contribution in [0.15, 0.2) is 88.7 Å². The van der Waals surface area contributed by atoms with Crippen molar-refractivity contribution in [1.82, 2.24) is 8.77 Å². The monoisotopic (exact) mass is 528 g/mol. The van der Waals surface area contributed by atoms with E-state index in [-0.39, 0.29) is 22.3 Å². The van der Waals surface area contributed by atoms with Gasteiger partial charge in [0.05, 0.1) is 22.5 Å². The van der Waals surface area contributed by atoms with Crippen molar-refractivity contribution in [3.63, 3.8) is 0 Å². The molecular formula is C24H24N4O6S2. The predicted molar refractivity (Wildman–Crippen MR) is 136 cm³/mol. The van der Waals surface area contributed by atoms with Gasteiger partial charge in [0.25, 0.3) is 11.4 Å². The average molecular weight is 529 g/mol. The van der Waals surface area contributed by atoms with E-state index < -0.39 is 20.8 Å². The van der Waals surface area contributed by atoms with Crippen LogP contribution in [0, 0.1) is 20.2 Å². The van der Waals surface area contributed by atoms with E-state index in [1.807, 2.05) is 30.3 Å². The fourth-order valence-corrected chi connectivity index (χ4v) is 6.08. The van der Waals surface area contributed by atoms with Crippen molar-refractivity contribution in [2.75, 3.05) is 13.1 Å². The Labute approximate surface area is 214 Å². The summed E-state index contributed by atoms with van der Waals surface area (Å²) in [6.45, 7) is 1.21. The second-order valence-electron chi connectivity index (χ2n) is 8.04. The van der Waals surface area contributed by atoms with Gasteiger partial charge in [-0.15, -0.1) is 4.47 Å². The van der Waals surface area contributed by atoms with Gasteiger partial charge < -0.3 is 0 Å². The number of rotatable bonds is 10. The van der Waals surface area contributed by atoms with Crippen molar-refractivity contribution in [3.05, 3.63) is 105 Å². The molecule has 0 N–H and O–H groups in total. The summed E-state index contributed by atoms with van der Waals surface area (Å²) in [5.41, 5.74) is 0.804. The number of nitro benzene ring substituents is 2. The van der Waals surface area contributed by atoms with Crippen molar-refractivity contribution in [2.45, 2.75) is 35.3 Å². The van der Waals surface area contributed by atoms with Crippen molar-refractivity contribution in [3.8, 4) is 0 Å². The lowest BCUT2D eigenvalue weighted by Gasteiger charge is -2.36. The van der Waals surface area contributed by atoms with E-state index in [2.05, 4.69) is 0 Å². The van der Waals surface area contributed by atoms with E-state index in [4.69, 9.17) is 4.84 Å². The Kier molecular flexibility index (Phi) is 8.78.